The Hall–Kier alpha value is -2.71. The Balaban J connectivity index is 1.35. The molecular formula is C21H23N3O4S. The second-order valence-corrected chi connectivity index (χ2v) is 9.21. The number of nitrogens with zero attached hydrogens (tertiary/aromatic N) is 1. The summed E-state index contributed by atoms with van der Waals surface area (Å²) in [5.41, 5.74) is 3.54. The van der Waals surface area contributed by atoms with E-state index in [4.69, 9.17) is 4.42 Å². The maximum atomic E-state index is 12.5. The van der Waals surface area contributed by atoms with Crippen molar-refractivity contribution >= 4 is 32.7 Å². The minimum Gasteiger partial charge on any atom is -0.440 e. The van der Waals surface area contributed by atoms with Crippen molar-refractivity contribution in [1.29, 1.82) is 0 Å². The molecular weight excluding hydrogens is 390 g/mol. The number of hydrogen-bond donors (Lipinski definition) is 2. The monoisotopic (exact) mass is 413 g/mol. The summed E-state index contributed by atoms with van der Waals surface area (Å²) < 4.78 is 33.2. The Bertz CT molecular complexity index is 1180. The summed E-state index contributed by atoms with van der Waals surface area (Å²) in [4.78, 5) is 16.9. The SMILES string of the molecule is Cc1ccc(C)c(S(=O)(=O)NCCC(=O)Nc2ccc3oc(C4CC4)nc3c2)c1. The van der Waals surface area contributed by atoms with Crippen molar-refractivity contribution in [2.24, 2.45) is 0 Å². The smallest absolute Gasteiger partial charge is 0.240 e. The number of benzene rings is 2. The normalized spacial score (nSPS) is 14.3. The van der Waals surface area contributed by atoms with Gasteiger partial charge in [-0.3, -0.25) is 4.79 Å². The molecule has 1 saturated carbocycles. The van der Waals surface area contributed by atoms with Gasteiger partial charge in [0, 0.05) is 24.6 Å². The van der Waals surface area contributed by atoms with Crippen molar-refractivity contribution in [3.63, 3.8) is 0 Å². The Kier molecular flexibility index (Phi) is 5.14. The van der Waals surface area contributed by atoms with Crippen molar-refractivity contribution in [2.45, 2.75) is 43.9 Å². The Morgan fingerprint density at radius 2 is 1.97 bits per heavy atom. The van der Waals surface area contributed by atoms with E-state index in [9.17, 15) is 13.2 Å². The van der Waals surface area contributed by atoms with E-state index < -0.39 is 10.0 Å². The highest BCUT2D eigenvalue weighted by molar-refractivity contribution is 7.89. The predicted octanol–water partition coefficient (Wildman–Crippen LogP) is 3.63. The molecule has 0 saturated heterocycles. The first-order valence-corrected chi connectivity index (χ1v) is 11.1. The lowest BCUT2D eigenvalue weighted by Crippen LogP contribution is -2.28. The maximum Gasteiger partial charge on any atom is 0.240 e. The van der Waals surface area contributed by atoms with Crippen LogP contribution >= 0.6 is 0 Å². The van der Waals surface area contributed by atoms with Gasteiger partial charge in [-0.05, 0) is 62.1 Å². The summed E-state index contributed by atoms with van der Waals surface area (Å²) in [5, 5.41) is 2.78. The number of anilines is 1. The van der Waals surface area contributed by atoms with Crippen LogP contribution in [0.15, 0.2) is 45.7 Å². The standard InChI is InChI=1S/C21H23N3O4S/c1-13-3-4-14(2)19(11-13)29(26,27)22-10-9-20(25)23-16-7-8-18-17(12-16)24-21(28-18)15-5-6-15/h3-4,7-8,11-12,15,22H,5-6,9-10H2,1-2H3,(H,23,25). The molecule has 1 fully saturated rings. The first-order chi connectivity index (χ1) is 13.8. The van der Waals surface area contributed by atoms with Crippen LogP contribution in [0.3, 0.4) is 0 Å². The molecule has 29 heavy (non-hydrogen) atoms. The van der Waals surface area contributed by atoms with Gasteiger partial charge in [-0.2, -0.15) is 0 Å². The van der Waals surface area contributed by atoms with Crippen molar-refractivity contribution in [1.82, 2.24) is 9.71 Å². The zero-order valence-electron chi connectivity index (χ0n) is 16.4. The van der Waals surface area contributed by atoms with Crippen LogP contribution in [0, 0.1) is 13.8 Å². The third-order valence-corrected chi connectivity index (χ3v) is 6.49. The molecule has 1 aliphatic carbocycles. The van der Waals surface area contributed by atoms with Crippen LogP contribution in [0.2, 0.25) is 0 Å². The third-order valence-electron chi connectivity index (χ3n) is 4.89. The number of sulfonamides is 1. The number of aromatic nitrogens is 1. The van der Waals surface area contributed by atoms with E-state index in [2.05, 4.69) is 15.0 Å². The van der Waals surface area contributed by atoms with Crippen LogP contribution in [-0.2, 0) is 14.8 Å². The Labute approximate surface area is 169 Å². The van der Waals surface area contributed by atoms with Crippen LogP contribution in [0.25, 0.3) is 11.1 Å². The molecule has 1 aliphatic rings. The molecule has 1 aromatic heterocycles. The molecule has 1 heterocycles. The van der Waals surface area contributed by atoms with Crippen LogP contribution in [0.4, 0.5) is 5.69 Å². The van der Waals surface area contributed by atoms with E-state index in [-0.39, 0.29) is 23.8 Å². The molecule has 1 amide bonds. The molecule has 8 heteroatoms. The van der Waals surface area contributed by atoms with Crippen molar-refractivity contribution in [3.05, 3.63) is 53.4 Å². The van der Waals surface area contributed by atoms with E-state index >= 15 is 0 Å². The fraction of sp³-hybridized carbons (Fsp3) is 0.333. The number of fused-ring (bicyclic) bond motifs is 1. The molecule has 0 radical (unpaired) electrons. The summed E-state index contributed by atoms with van der Waals surface area (Å²) in [5.74, 6) is 0.897. The van der Waals surface area contributed by atoms with E-state index in [0.717, 1.165) is 24.3 Å². The maximum absolute atomic E-state index is 12.5. The van der Waals surface area contributed by atoms with Crippen LogP contribution in [0.1, 0.15) is 42.2 Å². The highest BCUT2D eigenvalue weighted by atomic mass is 32.2. The fourth-order valence-electron chi connectivity index (χ4n) is 3.12. The Morgan fingerprint density at radius 1 is 1.17 bits per heavy atom. The zero-order chi connectivity index (χ0) is 20.6. The van der Waals surface area contributed by atoms with Crippen LogP contribution < -0.4 is 10.0 Å². The lowest BCUT2D eigenvalue weighted by molar-refractivity contribution is -0.116. The highest BCUT2D eigenvalue weighted by Crippen LogP contribution is 2.40. The molecule has 0 atom stereocenters. The molecule has 7 nitrogen and oxygen atoms in total. The quantitative estimate of drug-likeness (QED) is 0.616. The summed E-state index contributed by atoms with van der Waals surface area (Å²) in [7, 11) is -3.66. The number of carbonyl (C=O) groups is 1. The number of oxazole rings is 1. The molecule has 0 aliphatic heterocycles. The van der Waals surface area contributed by atoms with Crippen LogP contribution in [0.5, 0.6) is 0 Å². The number of amides is 1. The van der Waals surface area contributed by atoms with Gasteiger partial charge >= 0.3 is 0 Å². The number of nitrogens with one attached hydrogen (secondary N) is 2. The lowest BCUT2D eigenvalue weighted by atomic mass is 10.2. The molecule has 3 aromatic rings. The summed E-state index contributed by atoms with van der Waals surface area (Å²) in [6, 6.07) is 10.6. The first kappa shape index (κ1) is 19.6. The van der Waals surface area contributed by atoms with Gasteiger partial charge in [0.25, 0.3) is 0 Å². The minimum absolute atomic E-state index is 0.0135. The molecule has 0 unspecified atom stereocenters. The topological polar surface area (TPSA) is 101 Å². The van der Waals surface area contributed by atoms with Gasteiger partial charge < -0.3 is 9.73 Å². The second kappa shape index (κ2) is 7.61. The lowest BCUT2D eigenvalue weighted by Gasteiger charge is -2.10. The van der Waals surface area contributed by atoms with Crippen molar-refractivity contribution in [2.75, 3.05) is 11.9 Å². The van der Waals surface area contributed by atoms with Crippen LogP contribution in [-0.4, -0.2) is 25.9 Å². The second-order valence-electron chi connectivity index (χ2n) is 7.47. The average Bonchev–Trinajstić information content (AvgIpc) is 3.43. The summed E-state index contributed by atoms with van der Waals surface area (Å²) in [6.07, 6.45) is 2.23. The van der Waals surface area contributed by atoms with Gasteiger partial charge in [0.1, 0.15) is 5.52 Å². The van der Waals surface area contributed by atoms with E-state index in [1.807, 2.05) is 13.0 Å². The van der Waals surface area contributed by atoms with E-state index in [1.54, 1.807) is 37.3 Å². The number of aryl methyl sites for hydroxylation is 2. The summed E-state index contributed by atoms with van der Waals surface area (Å²) >= 11 is 0. The third kappa shape index (κ3) is 4.49. The fourth-order valence-corrected chi connectivity index (χ4v) is 4.48. The number of rotatable bonds is 7. The number of hydrogen-bond acceptors (Lipinski definition) is 5. The first-order valence-electron chi connectivity index (χ1n) is 9.59. The average molecular weight is 413 g/mol. The highest BCUT2D eigenvalue weighted by Gasteiger charge is 2.28. The van der Waals surface area contributed by atoms with Crippen molar-refractivity contribution < 1.29 is 17.6 Å². The Morgan fingerprint density at radius 3 is 2.72 bits per heavy atom. The van der Waals surface area contributed by atoms with E-state index in [1.165, 1.54) is 0 Å². The molecule has 152 valence electrons. The molecule has 2 N–H and O–H groups in total. The molecule has 2 aromatic carbocycles. The van der Waals surface area contributed by atoms with Gasteiger partial charge in [-0.15, -0.1) is 0 Å². The number of carbonyl (C=O) groups excluding carboxylic acids is 1. The molecule has 4 rings (SSSR count). The van der Waals surface area contributed by atoms with E-state index in [0.29, 0.717) is 28.3 Å². The van der Waals surface area contributed by atoms with Gasteiger partial charge in [0.15, 0.2) is 11.5 Å². The van der Waals surface area contributed by atoms with Gasteiger partial charge in [0.2, 0.25) is 15.9 Å². The molecule has 0 bridgehead atoms. The predicted molar refractivity (Wildman–Crippen MR) is 110 cm³/mol. The van der Waals surface area contributed by atoms with Crippen molar-refractivity contribution in [3.8, 4) is 0 Å². The minimum atomic E-state index is -3.66. The van der Waals surface area contributed by atoms with Gasteiger partial charge in [0.05, 0.1) is 4.90 Å². The van der Waals surface area contributed by atoms with Gasteiger partial charge in [-0.1, -0.05) is 12.1 Å². The zero-order valence-corrected chi connectivity index (χ0v) is 17.2. The largest absolute Gasteiger partial charge is 0.440 e. The summed E-state index contributed by atoms with van der Waals surface area (Å²) in [6.45, 7) is 3.60. The van der Waals surface area contributed by atoms with Gasteiger partial charge in [-0.25, -0.2) is 18.1 Å². The molecule has 0 spiro atoms.